The summed E-state index contributed by atoms with van der Waals surface area (Å²) in [5.74, 6) is -2.02. The second-order valence-electron chi connectivity index (χ2n) is 8.15. The lowest BCUT2D eigenvalue weighted by Gasteiger charge is -2.27. The predicted molar refractivity (Wildman–Crippen MR) is 135 cm³/mol. The molecule has 1 saturated heterocycles. The summed E-state index contributed by atoms with van der Waals surface area (Å²) in [6.45, 7) is 1.07. The average Bonchev–Trinajstić information content (AvgIpc) is 3.12. The Labute approximate surface area is 215 Å². The molecule has 1 atom stereocenters. The van der Waals surface area contributed by atoms with Crippen molar-refractivity contribution >= 4 is 55.0 Å². The number of amides is 3. The third kappa shape index (κ3) is 5.38. The number of benzene rings is 3. The van der Waals surface area contributed by atoms with Gasteiger partial charge < -0.3 is 5.32 Å². The number of carbonyl (C=O) groups excluding carboxylic acids is 3. The highest BCUT2D eigenvalue weighted by molar-refractivity contribution is 9.10. The van der Waals surface area contributed by atoms with Crippen LogP contribution in [-0.2, 0) is 31.0 Å². The largest absolute Gasteiger partial charge is 0.326 e. The first-order valence-corrected chi connectivity index (χ1v) is 13.1. The lowest BCUT2D eigenvalue weighted by atomic mass is 10.2. The van der Waals surface area contributed by atoms with E-state index in [2.05, 4.69) is 21.2 Å². The monoisotopic (exact) mass is 573 g/mol. The van der Waals surface area contributed by atoms with E-state index in [1.165, 1.54) is 55.5 Å². The molecule has 3 amide bonds. The molecule has 4 rings (SSSR count). The van der Waals surface area contributed by atoms with Gasteiger partial charge in [-0.2, -0.15) is 4.31 Å². The average molecular weight is 574 g/mol. The minimum absolute atomic E-state index is 0.124. The third-order valence-corrected chi connectivity index (χ3v) is 7.99. The van der Waals surface area contributed by atoms with E-state index in [0.717, 1.165) is 13.7 Å². The van der Waals surface area contributed by atoms with Crippen molar-refractivity contribution in [3.8, 4) is 0 Å². The van der Waals surface area contributed by atoms with Gasteiger partial charge in [0.05, 0.1) is 17.0 Å². The number of nitrogens with zero attached hydrogens (tertiary/aromatic N) is 2. The van der Waals surface area contributed by atoms with E-state index in [-0.39, 0.29) is 23.8 Å². The summed E-state index contributed by atoms with van der Waals surface area (Å²) < 4.78 is 42.7. The summed E-state index contributed by atoms with van der Waals surface area (Å²) in [5.41, 5.74) is 1.17. The van der Waals surface area contributed by atoms with Gasteiger partial charge in [-0.25, -0.2) is 17.7 Å². The molecule has 11 heteroatoms. The fourth-order valence-electron chi connectivity index (χ4n) is 3.88. The van der Waals surface area contributed by atoms with Crippen LogP contribution in [0.5, 0.6) is 0 Å². The van der Waals surface area contributed by atoms with E-state index < -0.39 is 33.7 Å². The Hall–Kier alpha value is -3.41. The highest BCUT2D eigenvalue weighted by atomic mass is 79.9. The zero-order valence-electron chi connectivity index (χ0n) is 19.0. The highest BCUT2D eigenvalue weighted by Crippen LogP contribution is 2.31. The van der Waals surface area contributed by atoms with E-state index in [4.69, 9.17) is 0 Å². The molecule has 1 aliphatic heterocycles. The molecule has 0 aromatic heterocycles. The molecule has 186 valence electrons. The van der Waals surface area contributed by atoms with Crippen LogP contribution in [0.4, 0.5) is 15.8 Å². The van der Waals surface area contributed by atoms with Crippen LogP contribution in [0.15, 0.2) is 82.2 Å². The molecule has 1 fully saturated rings. The molecule has 0 aliphatic carbocycles. The van der Waals surface area contributed by atoms with Crippen molar-refractivity contribution in [2.24, 2.45) is 0 Å². The van der Waals surface area contributed by atoms with E-state index in [1.807, 2.05) is 0 Å². The molecule has 3 aromatic rings. The number of nitrogens with one attached hydrogen (secondary N) is 1. The number of sulfonamides is 1. The Morgan fingerprint density at radius 1 is 1.03 bits per heavy atom. The maximum Gasteiger partial charge on any atom is 0.252 e. The van der Waals surface area contributed by atoms with Crippen LogP contribution >= 0.6 is 15.9 Å². The fraction of sp³-hybridized carbons (Fsp3) is 0.160. The van der Waals surface area contributed by atoms with Gasteiger partial charge in [-0.05, 0) is 66.2 Å². The van der Waals surface area contributed by atoms with Crippen molar-refractivity contribution in [3.63, 3.8) is 0 Å². The number of rotatable bonds is 7. The second-order valence-corrected chi connectivity index (χ2v) is 11.0. The third-order valence-electron chi connectivity index (χ3n) is 5.59. The first-order valence-electron chi connectivity index (χ1n) is 10.8. The minimum atomic E-state index is -4.29. The van der Waals surface area contributed by atoms with E-state index in [9.17, 15) is 27.2 Å². The number of hydrogen-bond donors (Lipinski definition) is 1. The van der Waals surface area contributed by atoms with Gasteiger partial charge in [0.15, 0.2) is 0 Å². The van der Waals surface area contributed by atoms with Gasteiger partial charge >= 0.3 is 0 Å². The smallest absolute Gasteiger partial charge is 0.252 e. The quantitative estimate of drug-likeness (QED) is 0.429. The molecular formula is C25H21BrFN3O5S. The van der Waals surface area contributed by atoms with Crippen LogP contribution in [0.3, 0.4) is 0 Å². The normalized spacial score (nSPS) is 16.0. The minimum Gasteiger partial charge on any atom is -0.326 e. The van der Waals surface area contributed by atoms with Gasteiger partial charge in [0, 0.05) is 23.6 Å². The maximum absolute atomic E-state index is 13.7. The van der Waals surface area contributed by atoms with Gasteiger partial charge in [-0.1, -0.05) is 28.1 Å². The highest BCUT2D eigenvalue weighted by Gasteiger charge is 2.47. The fourth-order valence-corrected chi connectivity index (χ4v) is 5.72. The summed E-state index contributed by atoms with van der Waals surface area (Å²) >= 11 is 3.31. The molecule has 1 unspecified atom stereocenters. The van der Waals surface area contributed by atoms with Gasteiger partial charge in [-0.3, -0.25) is 14.4 Å². The Kier molecular flexibility index (Phi) is 7.34. The van der Waals surface area contributed by atoms with Crippen LogP contribution in [0.2, 0.25) is 0 Å². The molecule has 36 heavy (non-hydrogen) atoms. The summed E-state index contributed by atoms with van der Waals surface area (Å²) in [5, 5.41) is 2.56. The first kappa shape index (κ1) is 25.7. The van der Waals surface area contributed by atoms with Crippen molar-refractivity contribution in [2.75, 3.05) is 10.2 Å². The second kappa shape index (κ2) is 10.3. The van der Waals surface area contributed by atoms with Crippen LogP contribution in [0, 0.1) is 5.82 Å². The van der Waals surface area contributed by atoms with Crippen LogP contribution in [-0.4, -0.2) is 36.5 Å². The topological polar surface area (TPSA) is 104 Å². The van der Waals surface area contributed by atoms with E-state index in [1.54, 1.807) is 24.3 Å². The lowest BCUT2D eigenvalue weighted by Crippen LogP contribution is -2.45. The van der Waals surface area contributed by atoms with Crippen molar-refractivity contribution in [2.45, 2.75) is 30.8 Å². The summed E-state index contributed by atoms with van der Waals surface area (Å²) in [6.07, 6.45) is -0.348. The van der Waals surface area contributed by atoms with Gasteiger partial charge in [0.25, 0.3) is 5.91 Å². The zero-order valence-corrected chi connectivity index (χ0v) is 21.4. The predicted octanol–water partition coefficient (Wildman–Crippen LogP) is 4.07. The van der Waals surface area contributed by atoms with E-state index >= 15 is 0 Å². The Balaban J connectivity index is 1.72. The molecule has 1 N–H and O–H groups in total. The first-order chi connectivity index (χ1) is 17.1. The molecule has 3 aromatic carbocycles. The number of imide groups is 1. The standard InChI is InChI=1S/C25H21BrFN3O5S/c1-16(31)28-20-8-12-22(13-9-20)36(34,35)29(15-17-2-6-19(27)7-3-17)23-14-24(32)30(25(23)33)21-10-4-18(26)5-11-21/h2-13,23H,14-15H2,1H3,(H,28,31). The number of hydrogen-bond acceptors (Lipinski definition) is 5. The molecule has 1 heterocycles. The van der Waals surface area contributed by atoms with Gasteiger partial charge in [-0.15, -0.1) is 0 Å². The number of carbonyl (C=O) groups is 3. The Bertz CT molecular complexity index is 1410. The number of anilines is 2. The molecule has 0 spiro atoms. The Morgan fingerprint density at radius 2 is 1.64 bits per heavy atom. The summed E-state index contributed by atoms with van der Waals surface area (Å²) in [6, 6.07) is 15.9. The summed E-state index contributed by atoms with van der Waals surface area (Å²) in [7, 11) is -4.29. The molecular weight excluding hydrogens is 553 g/mol. The maximum atomic E-state index is 13.7. The van der Waals surface area contributed by atoms with Gasteiger partial charge in [0.2, 0.25) is 21.8 Å². The van der Waals surface area contributed by atoms with Crippen LogP contribution in [0.1, 0.15) is 18.9 Å². The number of halogens is 2. The van der Waals surface area contributed by atoms with Crippen molar-refractivity contribution in [3.05, 3.63) is 88.6 Å². The molecule has 0 saturated carbocycles. The van der Waals surface area contributed by atoms with Gasteiger partial charge in [0.1, 0.15) is 11.9 Å². The lowest BCUT2D eigenvalue weighted by molar-refractivity contribution is -0.122. The van der Waals surface area contributed by atoms with Crippen LogP contribution in [0.25, 0.3) is 0 Å². The zero-order chi connectivity index (χ0) is 26.0. The molecule has 0 radical (unpaired) electrons. The molecule has 0 bridgehead atoms. The summed E-state index contributed by atoms with van der Waals surface area (Å²) in [4.78, 5) is 38.4. The molecule has 1 aliphatic rings. The van der Waals surface area contributed by atoms with Crippen molar-refractivity contribution in [1.82, 2.24) is 4.31 Å². The van der Waals surface area contributed by atoms with Crippen LogP contribution < -0.4 is 10.2 Å². The Morgan fingerprint density at radius 3 is 2.22 bits per heavy atom. The van der Waals surface area contributed by atoms with Crippen molar-refractivity contribution in [1.29, 1.82) is 0 Å². The van der Waals surface area contributed by atoms with E-state index in [0.29, 0.717) is 16.9 Å². The van der Waals surface area contributed by atoms with Crippen molar-refractivity contribution < 1.29 is 27.2 Å². The SMILES string of the molecule is CC(=O)Nc1ccc(S(=O)(=O)N(Cc2ccc(F)cc2)C2CC(=O)N(c3ccc(Br)cc3)C2=O)cc1. The molecule has 8 nitrogen and oxygen atoms in total.